The van der Waals surface area contributed by atoms with E-state index in [1.54, 1.807) is 51.3 Å². The van der Waals surface area contributed by atoms with Crippen molar-refractivity contribution >= 4 is 11.9 Å². The van der Waals surface area contributed by atoms with Crippen molar-refractivity contribution in [1.29, 1.82) is 0 Å². The quantitative estimate of drug-likeness (QED) is 0.127. The highest BCUT2D eigenvalue weighted by atomic mass is 16.6. The van der Waals surface area contributed by atoms with Crippen LogP contribution in [-0.2, 0) is 31.6 Å². The summed E-state index contributed by atoms with van der Waals surface area (Å²) < 4.78 is 27.4. The molecule has 0 bridgehead atoms. The third-order valence-corrected chi connectivity index (χ3v) is 7.31. The zero-order valence-electron chi connectivity index (χ0n) is 27.9. The Kier molecular flexibility index (Phi) is 12.2. The molecule has 244 valence electrons. The minimum atomic E-state index is -1.68. The number of nitrogens with one attached hydrogen (secondary N) is 1. The number of nitrogens with zero attached hydrogens (tertiary/aromatic N) is 1. The Bertz CT molecular complexity index is 1290. The Morgan fingerprint density at radius 3 is 1.91 bits per heavy atom. The molecule has 0 saturated carbocycles. The van der Waals surface area contributed by atoms with E-state index < -0.39 is 39.3 Å². The molecule has 0 aliphatic rings. The number of carbonyl (C=O) groups is 2. The molecular formula is C33H48N2O9. The fourth-order valence-corrected chi connectivity index (χ4v) is 4.80. The number of benzene rings is 2. The van der Waals surface area contributed by atoms with E-state index in [1.165, 1.54) is 14.2 Å². The first-order valence-corrected chi connectivity index (χ1v) is 14.6. The van der Waals surface area contributed by atoms with Crippen molar-refractivity contribution in [3.8, 4) is 23.0 Å². The van der Waals surface area contributed by atoms with Crippen molar-refractivity contribution in [3.63, 3.8) is 0 Å². The number of esters is 2. The highest BCUT2D eigenvalue weighted by Gasteiger charge is 2.39. The second kappa shape index (κ2) is 14.7. The molecule has 2 rings (SSSR count). The van der Waals surface area contributed by atoms with E-state index in [4.69, 9.17) is 23.7 Å². The predicted octanol–water partition coefficient (Wildman–Crippen LogP) is 5.40. The highest BCUT2D eigenvalue weighted by molar-refractivity contribution is 5.81. The van der Waals surface area contributed by atoms with Crippen molar-refractivity contribution in [1.82, 2.24) is 5.32 Å². The molecule has 1 unspecified atom stereocenters. The second-order valence-electron chi connectivity index (χ2n) is 12.9. The van der Waals surface area contributed by atoms with Crippen molar-refractivity contribution in [2.75, 3.05) is 34.5 Å². The number of rotatable bonds is 14. The molecule has 0 aliphatic carbocycles. The molecule has 0 aliphatic heterocycles. The smallest absolute Gasteiger partial charge is 0.387 e. The zero-order valence-corrected chi connectivity index (χ0v) is 27.9. The van der Waals surface area contributed by atoms with Gasteiger partial charge in [-0.1, -0.05) is 47.6 Å². The van der Waals surface area contributed by atoms with E-state index >= 15 is 0 Å². The van der Waals surface area contributed by atoms with Gasteiger partial charge in [-0.3, -0.25) is 14.9 Å². The van der Waals surface area contributed by atoms with Gasteiger partial charge in [-0.2, -0.15) is 0 Å². The highest BCUT2D eigenvalue weighted by Crippen LogP contribution is 2.43. The Morgan fingerprint density at radius 1 is 0.886 bits per heavy atom. The van der Waals surface area contributed by atoms with Gasteiger partial charge < -0.3 is 29.0 Å². The Balaban J connectivity index is 2.36. The van der Waals surface area contributed by atoms with Crippen molar-refractivity contribution in [2.24, 2.45) is 0 Å². The molecule has 2 atom stereocenters. The van der Waals surface area contributed by atoms with Gasteiger partial charge in [0.1, 0.15) is 17.0 Å². The zero-order chi connectivity index (χ0) is 33.5. The predicted molar refractivity (Wildman–Crippen MR) is 168 cm³/mol. The van der Waals surface area contributed by atoms with E-state index in [9.17, 15) is 19.7 Å². The molecule has 0 saturated heterocycles. The summed E-state index contributed by atoms with van der Waals surface area (Å²) in [6.45, 7) is 15.3. The third-order valence-electron chi connectivity index (χ3n) is 7.31. The third kappa shape index (κ3) is 9.07. The fourth-order valence-electron chi connectivity index (χ4n) is 4.80. The van der Waals surface area contributed by atoms with Gasteiger partial charge in [-0.05, 0) is 54.5 Å². The van der Waals surface area contributed by atoms with Gasteiger partial charge in [0.2, 0.25) is 0 Å². The number of nitro groups is 1. The molecule has 0 radical (unpaired) electrons. The van der Waals surface area contributed by atoms with Crippen LogP contribution < -0.4 is 24.3 Å². The van der Waals surface area contributed by atoms with Crippen LogP contribution in [0.5, 0.6) is 23.0 Å². The summed E-state index contributed by atoms with van der Waals surface area (Å²) in [5.41, 5.74) is -0.0293. The van der Waals surface area contributed by atoms with Gasteiger partial charge >= 0.3 is 18.0 Å². The van der Waals surface area contributed by atoms with E-state index in [1.807, 2.05) is 41.5 Å². The van der Waals surface area contributed by atoms with Crippen LogP contribution in [0.15, 0.2) is 30.3 Å². The van der Waals surface area contributed by atoms with Crippen LogP contribution in [-0.4, -0.2) is 62.9 Å². The SMILES string of the molecule is CCOC(=O)[C@](C)(Cc1ccc(OC)c(OC)c1)NCCC(C(=O)Oc1c(C(C)(C)C)cc(OC)cc1C(C)(C)C)[N+](=O)[O-]. The molecular weight excluding hydrogens is 568 g/mol. The summed E-state index contributed by atoms with van der Waals surface area (Å²) >= 11 is 0. The van der Waals surface area contributed by atoms with Crippen LogP contribution in [0.4, 0.5) is 0 Å². The average Bonchev–Trinajstić information content (AvgIpc) is 2.93. The lowest BCUT2D eigenvalue weighted by atomic mass is 9.79. The monoisotopic (exact) mass is 616 g/mol. The van der Waals surface area contributed by atoms with Crippen LogP contribution >= 0.6 is 0 Å². The maximum Gasteiger partial charge on any atom is 0.387 e. The number of hydrogen-bond donors (Lipinski definition) is 1. The first-order valence-electron chi connectivity index (χ1n) is 14.6. The van der Waals surface area contributed by atoms with Crippen LogP contribution in [0, 0.1) is 10.1 Å². The minimum Gasteiger partial charge on any atom is -0.497 e. The lowest BCUT2D eigenvalue weighted by Gasteiger charge is -2.30. The van der Waals surface area contributed by atoms with E-state index in [0.29, 0.717) is 34.1 Å². The molecule has 2 aromatic carbocycles. The van der Waals surface area contributed by atoms with E-state index in [-0.39, 0.29) is 26.0 Å². The maximum absolute atomic E-state index is 13.4. The van der Waals surface area contributed by atoms with Crippen molar-refractivity contribution < 1.29 is 38.2 Å². The van der Waals surface area contributed by atoms with Crippen molar-refractivity contribution in [3.05, 3.63) is 57.1 Å². The summed E-state index contributed by atoms with van der Waals surface area (Å²) in [5, 5.41) is 15.3. The summed E-state index contributed by atoms with van der Waals surface area (Å²) in [6, 6.07) is 7.18. The second-order valence-corrected chi connectivity index (χ2v) is 12.9. The molecule has 0 heterocycles. The van der Waals surface area contributed by atoms with Gasteiger partial charge in [0.15, 0.2) is 11.5 Å². The lowest BCUT2D eigenvalue weighted by molar-refractivity contribution is -0.510. The summed E-state index contributed by atoms with van der Waals surface area (Å²) in [5.74, 6) is 0.405. The first-order chi connectivity index (χ1) is 20.4. The summed E-state index contributed by atoms with van der Waals surface area (Å²) in [7, 11) is 4.61. The number of ether oxygens (including phenoxy) is 5. The molecule has 44 heavy (non-hydrogen) atoms. The van der Waals surface area contributed by atoms with E-state index in [2.05, 4.69) is 5.32 Å². The van der Waals surface area contributed by atoms with Gasteiger partial charge in [-0.15, -0.1) is 0 Å². The van der Waals surface area contributed by atoms with Crippen molar-refractivity contribution in [2.45, 2.75) is 90.6 Å². The molecule has 2 aromatic rings. The van der Waals surface area contributed by atoms with Crippen LogP contribution in [0.25, 0.3) is 0 Å². The topological polar surface area (TPSA) is 135 Å². The Morgan fingerprint density at radius 2 is 1.45 bits per heavy atom. The number of methoxy groups -OCH3 is 3. The standard InChI is InChI=1S/C33H48N2O9/c1-12-43-30(37)33(8,20-21-13-14-26(41-10)27(17-21)42-11)34-16-15-25(35(38)39)29(36)44-28-23(31(2,3)4)18-22(40-9)19-24(28)32(5,6)7/h13-14,17-19,25,34H,12,15-16,20H2,1-11H3/t25?,33-/m0/s1. The molecule has 0 aromatic heterocycles. The fraction of sp³-hybridized carbons (Fsp3) is 0.576. The summed E-state index contributed by atoms with van der Waals surface area (Å²) in [4.78, 5) is 38.0. The Hall–Kier alpha value is -3.86. The van der Waals surface area contributed by atoms with Crippen LogP contribution in [0.1, 0.15) is 78.5 Å². The Labute approximate surface area is 260 Å². The molecule has 1 N–H and O–H groups in total. The molecule has 0 fully saturated rings. The van der Waals surface area contributed by atoms with Crippen LogP contribution in [0.2, 0.25) is 0 Å². The van der Waals surface area contributed by atoms with Gasteiger partial charge in [0, 0.05) is 35.4 Å². The van der Waals surface area contributed by atoms with Crippen LogP contribution in [0.3, 0.4) is 0 Å². The largest absolute Gasteiger partial charge is 0.497 e. The van der Waals surface area contributed by atoms with Gasteiger partial charge in [0.25, 0.3) is 0 Å². The van der Waals surface area contributed by atoms with Gasteiger partial charge in [-0.25, -0.2) is 4.79 Å². The molecule has 11 heteroatoms. The maximum atomic E-state index is 13.4. The lowest BCUT2D eigenvalue weighted by Crippen LogP contribution is -2.53. The van der Waals surface area contributed by atoms with Gasteiger partial charge in [0.05, 0.1) is 27.9 Å². The molecule has 0 amide bonds. The normalized spacial score (nSPS) is 13.8. The molecule has 11 nitrogen and oxygen atoms in total. The number of hydrogen-bond acceptors (Lipinski definition) is 10. The summed E-state index contributed by atoms with van der Waals surface area (Å²) in [6.07, 6.45) is -0.0336. The number of carbonyl (C=O) groups excluding carboxylic acids is 2. The van der Waals surface area contributed by atoms with E-state index in [0.717, 1.165) is 5.56 Å². The average molecular weight is 617 g/mol. The molecule has 0 spiro atoms. The minimum absolute atomic E-state index is 0.0375. The first kappa shape index (κ1) is 36.3.